The van der Waals surface area contributed by atoms with Crippen LogP contribution in [0.1, 0.15) is 42.4 Å². The van der Waals surface area contributed by atoms with Crippen LogP contribution >= 0.6 is 0 Å². The first-order chi connectivity index (χ1) is 12.9. The number of carbonyl (C=O) groups is 1. The van der Waals surface area contributed by atoms with Crippen LogP contribution in [0.5, 0.6) is 0 Å². The maximum atomic E-state index is 13.6. The summed E-state index contributed by atoms with van der Waals surface area (Å²) in [6, 6.07) is 14.5. The molecular weight excluding hydrogens is 341 g/mol. The average Bonchev–Trinajstić information content (AvgIpc) is 3.03. The Balaban J connectivity index is 1.51. The highest BCUT2D eigenvalue weighted by Gasteiger charge is 2.49. The van der Waals surface area contributed by atoms with Crippen molar-refractivity contribution >= 4 is 5.91 Å². The number of hydrogen-bond acceptors (Lipinski definition) is 2. The summed E-state index contributed by atoms with van der Waals surface area (Å²) in [4.78, 5) is 15.1. The first kappa shape index (κ1) is 18.2. The lowest BCUT2D eigenvalue weighted by Gasteiger charge is -2.43. The van der Waals surface area contributed by atoms with Crippen LogP contribution in [0.4, 0.5) is 4.39 Å². The van der Waals surface area contributed by atoms with Gasteiger partial charge >= 0.3 is 0 Å². The molecule has 3 nitrogen and oxygen atoms in total. The lowest BCUT2D eigenvalue weighted by atomic mass is 9.64. The smallest absolute Gasteiger partial charge is 0.229 e. The van der Waals surface area contributed by atoms with Crippen molar-refractivity contribution in [3.63, 3.8) is 0 Å². The van der Waals surface area contributed by atoms with Crippen molar-refractivity contribution in [1.29, 1.82) is 0 Å². The number of halogens is 1. The average molecular weight is 367 g/mol. The van der Waals surface area contributed by atoms with Gasteiger partial charge in [0.1, 0.15) is 11.4 Å². The fourth-order valence-corrected chi connectivity index (χ4v) is 4.48. The Bertz CT molecular complexity index is 844. The van der Waals surface area contributed by atoms with E-state index in [0.29, 0.717) is 18.5 Å². The SMILES string of the molecule is Cc1ccc(CC2(C(=O)N3CCC(O)(c4cccc(F)c4)C3)CCC2)cc1. The van der Waals surface area contributed by atoms with Gasteiger partial charge in [-0.1, -0.05) is 48.4 Å². The molecule has 1 aliphatic heterocycles. The summed E-state index contributed by atoms with van der Waals surface area (Å²) in [5.41, 5.74) is 1.45. The third kappa shape index (κ3) is 3.39. The van der Waals surface area contributed by atoms with Crippen molar-refractivity contribution in [2.24, 2.45) is 5.41 Å². The molecule has 1 saturated carbocycles. The molecule has 0 spiro atoms. The number of likely N-dealkylation sites (tertiary alicyclic amines) is 1. The van der Waals surface area contributed by atoms with Gasteiger partial charge in [-0.15, -0.1) is 0 Å². The van der Waals surface area contributed by atoms with Gasteiger partial charge in [0.15, 0.2) is 0 Å². The first-order valence-electron chi connectivity index (χ1n) is 9.74. The van der Waals surface area contributed by atoms with Crippen molar-refractivity contribution in [1.82, 2.24) is 4.90 Å². The highest BCUT2D eigenvalue weighted by atomic mass is 19.1. The van der Waals surface area contributed by atoms with Crippen molar-refractivity contribution in [2.45, 2.75) is 44.6 Å². The molecule has 142 valence electrons. The fraction of sp³-hybridized carbons (Fsp3) is 0.435. The second-order valence-electron chi connectivity index (χ2n) is 8.31. The van der Waals surface area contributed by atoms with Crippen LogP contribution < -0.4 is 0 Å². The van der Waals surface area contributed by atoms with Gasteiger partial charge in [0.05, 0.1) is 12.0 Å². The molecule has 27 heavy (non-hydrogen) atoms. The van der Waals surface area contributed by atoms with Gasteiger partial charge in [-0.2, -0.15) is 0 Å². The van der Waals surface area contributed by atoms with E-state index >= 15 is 0 Å². The zero-order valence-electron chi connectivity index (χ0n) is 15.7. The Hall–Kier alpha value is -2.20. The van der Waals surface area contributed by atoms with Crippen molar-refractivity contribution in [3.8, 4) is 0 Å². The summed E-state index contributed by atoms with van der Waals surface area (Å²) < 4.78 is 13.6. The van der Waals surface area contributed by atoms with Gasteiger partial charge in [0.25, 0.3) is 0 Å². The molecule has 1 heterocycles. The van der Waals surface area contributed by atoms with Gasteiger partial charge < -0.3 is 10.0 Å². The summed E-state index contributed by atoms with van der Waals surface area (Å²) >= 11 is 0. The molecule has 2 aromatic rings. The summed E-state index contributed by atoms with van der Waals surface area (Å²) in [6.45, 7) is 2.82. The lowest BCUT2D eigenvalue weighted by molar-refractivity contribution is -0.147. The summed E-state index contributed by atoms with van der Waals surface area (Å²) in [6.07, 6.45) is 4.06. The van der Waals surface area contributed by atoms with Gasteiger partial charge in [-0.25, -0.2) is 4.39 Å². The predicted octanol–water partition coefficient (Wildman–Crippen LogP) is 3.97. The molecule has 0 radical (unpaired) electrons. The second-order valence-corrected chi connectivity index (χ2v) is 8.31. The quantitative estimate of drug-likeness (QED) is 0.888. The van der Waals surface area contributed by atoms with Crippen LogP contribution in [0.2, 0.25) is 0 Å². The number of amides is 1. The number of aliphatic hydroxyl groups is 1. The highest BCUT2D eigenvalue weighted by Crippen LogP contribution is 2.47. The Morgan fingerprint density at radius 1 is 1.15 bits per heavy atom. The lowest BCUT2D eigenvalue weighted by Crippen LogP contribution is -2.49. The van der Waals surface area contributed by atoms with E-state index in [0.717, 1.165) is 25.7 Å². The summed E-state index contributed by atoms with van der Waals surface area (Å²) in [5.74, 6) is -0.220. The largest absolute Gasteiger partial charge is 0.383 e. The van der Waals surface area contributed by atoms with Crippen molar-refractivity contribution in [3.05, 3.63) is 71.0 Å². The monoisotopic (exact) mass is 367 g/mol. The third-order valence-corrected chi connectivity index (χ3v) is 6.32. The van der Waals surface area contributed by atoms with Crippen molar-refractivity contribution < 1.29 is 14.3 Å². The van der Waals surface area contributed by atoms with E-state index in [1.807, 2.05) is 0 Å². The van der Waals surface area contributed by atoms with E-state index in [-0.39, 0.29) is 23.7 Å². The number of rotatable bonds is 4. The molecule has 1 saturated heterocycles. The number of nitrogens with zero attached hydrogens (tertiary/aromatic N) is 1. The molecule has 1 aliphatic carbocycles. The van der Waals surface area contributed by atoms with E-state index in [1.165, 1.54) is 23.3 Å². The Morgan fingerprint density at radius 3 is 2.52 bits per heavy atom. The molecule has 4 heteroatoms. The van der Waals surface area contributed by atoms with E-state index in [2.05, 4.69) is 31.2 Å². The molecule has 4 rings (SSSR count). The van der Waals surface area contributed by atoms with Crippen LogP contribution in [0.25, 0.3) is 0 Å². The van der Waals surface area contributed by atoms with Crippen LogP contribution in [0.15, 0.2) is 48.5 Å². The summed E-state index contributed by atoms with van der Waals surface area (Å²) in [7, 11) is 0. The highest BCUT2D eigenvalue weighted by molar-refractivity contribution is 5.84. The number of hydrogen-bond donors (Lipinski definition) is 1. The van der Waals surface area contributed by atoms with Gasteiger partial charge in [-0.3, -0.25) is 4.79 Å². The maximum Gasteiger partial charge on any atom is 0.229 e. The van der Waals surface area contributed by atoms with E-state index in [9.17, 15) is 14.3 Å². The third-order valence-electron chi connectivity index (χ3n) is 6.32. The zero-order valence-corrected chi connectivity index (χ0v) is 15.7. The molecule has 1 atom stereocenters. The predicted molar refractivity (Wildman–Crippen MR) is 103 cm³/mol. The minimum absolute atomic E-state index is 0.140. The molecule has 2 aromatic carbocycles. The Labute approximate surface area is 159 Å². The number of β-amino-alcohol motifs (C(OH)–C–C–N with tert-alkyl or cyclic N) is 1. The topological polar surface area (TPSA) is 40.5 Å². The number of benzene rings is 2. The molecule has 1 N–H and O–H groups in total. The van der Waals surface area contributed by atoms with Crippen LogP contribution in [0.3, 0.4) is 0 Å². The molecular formula is C23H26FNO2. The molecule has 2 aliphatic rings. The van der Waals surface area contributed by atoms with Gasteiger partial charge in [0.2, 0.25) is 5.91 Å². The molecule has 1 amide bonds. The standard InChI is InChI=1S/C23H26FNO2/c1-17-6-8-18(9-7-17)15-22(10-3-11-22)21(26)25-13-12-23(27,16-25)19-4-2-5-20(24)14-19/h2,4-9,14,27H,3,10-13,15-16H2,1H3. The molecule has 2 fully saturated rings. The Kier molecular flexibility index (Phi) is 4.55. The molecule has 0 aromatic heterocycles. The van der Waals surface area contributed by atoms with Crippen LogP contribution in [-0.4, -0.2) is 29.0 Å². The van der Waals surface area contributed by atoms with Gasteiger partial charge in [-0.05, 0) is 55.9 Å². The molecule has 1 unspecified atom stereocenters. The minimum Gasteiger partial charge on any atom is -0.383 e. The number of carbonyl (C=O) groups excluding carboxylic acids is 1. The first-order valence-corrected chi connectivity index (χ1v) is 9.74. The van der Waals surface area contributed by atoms with Crippen LogP contribution in [-0.2, 0) is 16.8 Å². The normalized spacial score (nSPS) is 23.9. The Morgan fingerprint density at radius 2 is 1.89 bits per heavy atom. The van der Waals surface area contributed by atoms with E-state index in [1.54, 1.807) is 17.0 Å². The summed E-state index contributed by atoms with van der Waals surface area (Å²) in [5, 5.41) is 11.0. The zero-order chi connectivity index (χ0) is 19.1. The van der Waals surface area contributed by atoms with E-state index < -0.39 is 5.60 Å². The maximum absolute atomic E-state index is 13.6. The fourth-order valence-electron chi connectivity index (χ4n) is 4.48. The van der Waals surface area contributed by atoms with Crippen LogP contribution in [0, 0.1) is 18.2 Å². The van der Waals surface area contributed by atoms with Crippen molar-refractivity contribution in [2.75, 3.05) is 13.1 Å². The second kappa shape index (κ2) is 6.75. The minimum atomic E-state index is -1.16. The number of aryl methyl sites for hydroxylation is 1. The van der Waals surface area contributed by atoms with Gasteiger partial charge in [0, 0.05) is 6.54 Å². The van der Waals surface area contributed by atoms with E-state index in [4.69, 9.17) is 0 Å². The molecule has 0 bridgehead atoms.